The maximum Gasteiger partial charge on any atom is 0.210 e. The fourth-order valence-electron chi connectivity index (χ4n) is 3.25. The predicted molar refractivity (Wildman–Crippen MR) is 104 cm³/mol. The Morgan fingerprint density at radius 2 is 1.29 bits per heavy atom. The maximum absolute atomic E-state index is 2.29. The highest BCUT2D eigenvalue weighted by molar-refractivity contribution is 5.22. The second-order valence-electron chi connectivity index (χ2n) is 6.89. The number of aromatic nitrogens is 1. The van der Waals surface area contributed by atoms with Crippen molar-refractivity contribution in [2.24, 2.45) is 0 Å². The van der Waals surface area contributed by atoms with E-state index in [1.807, 2.05) is 0 Å². The van der Waals surface area contributed by atoms with Crippen LogP contribution in [-0.4, -0.2) is 0 Å². The van der Waals surface area contributed by atoms with E-state index in [-0.39, 0.29) is 0 Å². The molecule has 1 heterocycles. The minimum Gasteiger partial charge on any atom is -0.167 e. The zero-order valence-electron chi connectivity index (χ0n) is 15.4. The average Bonchev–Trinajstić information content (AvgIpc) is 2.64. The van der Waals surface area contributed by atoms with Gasteiger partial charge in [0.1, 0.15) is 0 Å². The summed E-state index contributed by atoms with van der Waals surface area (Å²) in [5.41, 5.74) is 2.68. The Kier molecular flexibility index (Phi) is 9.23. The summed E-state index contributed by atoms with van der Waals surface area (Å²) in [5, 5.41) is 0. The van der Waals surface area contributed by atoms with Gasteiger partial charge in [-0.25, -0.2) is 0 Å². The Labute approximate surface area is 148 Å². The lowest BCUT2D eigenvalue weighted by atomic mass is 10.0. The molecule has 0 saturated heterocycles. The first-order chi connectivity index (χ1) is 11.9. The molecule has 0 amide bonds. The van der Waals surface area contributed by atoms with Crippen molar-refractivity contribution in [3.8, 4) is 5.69 Å². The predicted octanol–water partition coefficient (Wildman–Crippen LogP) is 6.43. The zero-order valence-corrected chi connectivity index (χ0v) is 15.4. The highest BCUT2D eigenvalue weighted by Gasteiger charge is 2.05. The van der Waals surface area contributed by atoms with Gasteiger partial charge in [0, 0.05) is 23.8 Å². The van der Waals surface area contributed by atoms with Crippen molar-refractivity contribution in [1.82, 2.24) is 0 Å². The minimum absolute atomic E-state index is 1.20. The van der Waals surface area contributed by atoms with E-state index in [0.717, 1.165) is 0 Å². The Morgan fingerprint density at radius 3 is 1.96 bits per heavy atom. The van der Waals surface area contributed by atoms with Crippen molar-refractivity contribution in [3.63, 3.8) is 0 Å². The molecule has 0 bridgehead atoms. The van der Waals surface area contributed by atoms with Crippen LogP contribution >= 0.6 is 0 Å². The molecule has 1 aromatic heterocycles. The topological polar surface area (TPSA) is 3.88 Å². The minimum atomic E-state index is 1.20. The van der Waals surface area contributed by atoms with Gasteiger partial charge in [0.15, 0.2) is 12.4 Å². The molecular weight excluding hydrogens is 290 g/mol. The van der Waals surface area contributed by atoms with Crippen LogP contribution in [0, 0.1) is 0 Å². The summed E-state index contributed by atoms with van der Waals surface area (Å²) < 4.78 is 2.23. The summed E-state index contributed by atoms with van der Waals surface area (Å²) in [5.74, 6) is 0. The van der Waals surface area contributed by atoms with Gasteiger partial charge in [-0.1, -0.05) is 82.9 Å². The molecule has 0 unspecified atom stereocenters. The van der Waals surface area contributed by atoms with Gasteiger partial charge < -0.3 is 0 Å². The number of pyridine rings is 1. The van der Waals surface area contributed by atoms with Crippen LogP contribution in [0.2, 0.25) is 0 Å². The van der Waals surface area contributed by atoms with E-state index >= 15 is 0 Å². The van der Waals surface area contributed by atoms with E-state index in [9.17, 15) is 0 Å². The number of benzene rings is 1. The molecule has 1 aromatic carbocycles. The van der Waals surface area contributed by atoms with E-state index in [1.54, 1.807) is 0 Å². The number of nitrogens with zero attached hydrogens (tertiary/aromatic N) is 1. The summed E-state index contributed by atoms with van der Waals surface area (Å²) in [7, 11) is 0. The molecule has 1 heteroatoms. The molecule has 0 spiro atoms. The molecular formula is C23H34N+. The summed E-state index contributed by atoms with van der Waals surface area (Å²) in [4.78, 5) is 0. The number of hydrogen-bond acceptors (Lipinski definition) is 0. The maximum atomic E-state index is 2.29. The first kappa shape index (κ1) is 18.7. The second-order valence-corrected chi connectivity index (χ2v) is 6.89. The number of para-hydroxylation sites is 1. The van der Waals surface area contributed by atoms with Crippen LogP contribution in [-0.2, 0) is 6.42 Å². The van der Waals surface area contributed by atoms with E-state index in [4.69, 9.17) is 0 Å². The molecule has 0 atom stereocenters. The third-order valence-corrected chi connectivity index (χ3v) is 4.74. The van der Waals surface area contributed by atoms with Gasteiger partial charge in [-0.3, -0.25) is 0 Å². The van der Waals surface area contributed by atoms with Crippen LogP contribution in [0.25, 0.3) is 5.69 Å². The third-order valence-electron chi connectivity index (χ3n) is 4.74. The SMILES string of the molecule is CCCCCCCCCCCCc1ccc[n+](-c2ccccc2)c1. The number of aryl methyl sites for hydroxylation is 1. The largest absolute Gasteiger partial charge is 0.210 e. The van der Waals surface area contributed by atoms with Gasteiger partial charge in [0.25, 0.3) is 0 Å². The number of rotatable bonds is 12. The fraction of sp³-hybridized carbons (Fsp3) is 0.522. The van der Waals surface area contributed by atoms with E-state index in [2.05, 4.69) is 66.3 Å². The molecule has 2 rings (SSSR count). The monoisotopic (exact) mass is 324 g/mol. The van der Waals surface area contributed by atoms with E-state index in [1.165, 1.54) is 81.9 Å². The van der Waals surface area contributed by atoms with E-state index in [0.29, 0.717) is 0 Å². The highest BCUT2D eigenvalue weighted by Crippen LogP contribution is 2.12. The molecule has 0 saturated carbocycles. The molecule has 0 N–H and O–H groups in total. The normalized spacial score (nSPS) is 10.9. The van der Waals surface area contributed by atoms with Gasteiger partial charge in [-0.2, -0.15) is 4.57 Å². The van der Waals surface area contributed by atoms with Gasteiger partial charge >= 0.3 is 0 Å². The average molecular weight is 325 g/mol. The third kappa shape index (κ3) is 7.29. The zero-order chi connectivity index (χ0) is 16.9. The molecule has 0 fully saturated rings. The molecule has 0 aliphatic carbocycles. The van der Waals surface area contributed by atoms with Gasteiger partial charge in [0.2, 0.25) is 5.69 Å². The molecule has 0 aliphatic rings. The lowest BCUT2D eigenvalue weighted by Crippen LogP contribution is -2.29. The molecule has 1 nitrogen and oxygen atoms in total. The Hall–Kier alpha value is -1.63. The molecule has 24 heavy (non-hydrogen) atoms. The van der Waals surface area contributed by atoms with Crippen molar-refractivity contribution in [2.45, 2.75) is 77.6 Å². The van der Waals surface area contributed by atoms with Crippen molar-refractivity contribution in [3.05, 3.63) is 60.4 Å². The van der Waals surface area contributed by atoms with Crippen molar-refractivity contribution < 1.29 is 4.57 Å². The standard InChI is InChI=1S/C23H34N/c1-2-3-4-5-6-7-8-9-10-12-16-22-17-15-20-24(21-22)23-18-13-11-14-19-23/h11,13-15,17-21H,2-10,12,16H2,1H3/q+1. The van der Waals surface area contributed by atoms with Crippen molar-refractivity contribution in [2.75, 3.05) is 0 Å². The van der Waals surface area contributed by atoms with Crippen molar-refractivity contribution >= 4 is 0 Å². The number of unbranched alkanes of at least 4 members (excludes halogenated alkanes) is 9. The smallest absolute Gasteiger partial charge is 0.167 e. The van der Waals surface area contributed by atoms with Crippen LogP contribution in [0.5, 0.6) is 0 Å². The van der Waals surface area contributed by atoms with Crippen molar-refractivity contribution in [1.29, 1.82) is 0 Å². The lowest BCUT2D eigenvalue weighted by Gasteiger charge is -2.03. The molecule has 2 aromatic rings. The van der Waals surface area contributed by atoms with Crippen LogP contribution in [0.4, 0.5) is 0 Å². The quantitative estimate of drug-likeness (QED) is 0.313. The highest BCUT2D eigenvalue weighted by atomic mass is 14.9. The van der Waals surface area contributed by atoms with Crippen LogP contribution in [0.15, 0.2) is 54.9 Å². The Morgan fingerprint density at radius 1 is 0.667 bits per heavy atom. The van der Waals surface area contributed by atoms with Gasteiger partial charge in [-0.05, 0) is 18.9 Å². The molecule has 130 valence electrons. The van der Waals surface area contributed by atoms with E-state index < -0.39 is 0 Å². The molecule has 0 aliphatic heterocycles. The first-order valence-corrected chi connectivity index (χ1v) is 9.96. The summed E-state index contributed by atoms with van der Waals surface area (Å²) in [6, 6.07) is 15.0. The van der Waals surface area contributed by atoms with Gasteiger partial charge in [0.05, 0.1) is 0 Å². The van der Waals surface area contributed by atoms with Crippen LogP contribution in [0.3, 0.4) is 0 Å². The van der Waals surface area contributed by atoms with Gasteiger partial charge in [-0.15, -0.1) is 0 Å². The lowest BCUT2D eigenvalue weighted by molar-refractivity contribution is -0.596. The summed E-state index contributed by atoms with van der Waals surface area (Å²) >= 11 is 0. The summed E-state index contributed by atoms with van der Waals surface area (Å²) in [6.07, 6.45) is 19.6. The second kappa shape index (κ2) is 11.8. The Balaban J connectivity index is 1.60. The van der Waals surface area contributed by atoms with Crippen LogP contribution in [0.1, 0.15) is 76.7 Å². The molecule has 0 radical (unpaired) electrons. The first-order valence-electron chi connectivity index (χ1n) is 9.96. The van der Waals surface area contributed by atoms with Crippen LogP contribution < -0.4 is 4.57 Å². The summed E-state index contributed by atoms with van der Waals surface area (Å²) in [6.45, 7) is 2.29. The fourth-order valence-corrected chi connectivity index (χ4v) is 3.25. The number of hydrogen-bond donors (Lipinski definition) is 0. The Bertz CT molecular complexity index is 547.